The first-order valence-electron chi connectivity index (χ1n) is 7.98. The number of rotatable bonds is 6. The first-order valence-corrected chi connectivity index (χ1v) is 8.51. The van der Waals surface area contributed by atoms with E-state index in [4.69, 9.17) is 11.6 Å². The van der Waals surface area contributed by atoms with Crippen LogP contribution in [0.15, 0.2) is 24.3 Å². The van der Waals surface area contributed by atoms with Gasteiger partial charge in [-0.2, -0.15) is 0 Å². The average Bonchev–Trinajstić information content (AvgIpc) is 2.93. The number of hydrogen-bond acceptors (Lipinski definition) is 1. The molecular formula is C18H26ClNO. The van der Waals surface area contributed by atoms with Crippen molar-refractivity contribution in [3.8, 4) is 0 Å². The molecule has 0 saturated heterocycles. The summed E-state index contributed by atoms with van der Waals surface area (Å²) in [5.74, 6) is 1.20. The van der Waals surface area contributed by atoms with Crippen molar-refractivity contribution in [2.45, 2.75) is 51.8 Å². The molecule has 1 aromatic carbocycles. The molecule has 116 valence electrons. The monoisotopic (exact) mass is 307 g/mol. The zero-order chi connectivity index (χ0) is 15.3. The lowest BCUT2D eigenvalue weighted by atomic mass is 9.78. The van der Waals surface area contributed by atoms with E-state index in [9.17, 15) is 4.79 Å². The Morgan fingerprint density at radius 1 is 1.24 bits per heavy atom. The van der Waals surface area contributed by atoms with Crippen molar-refractivity contribution in [1.82, 2.24) is 5.32 Å². The summed E-state index contributed by atoms with van der Waals surface area (Å²) in [4.78, 5) is 12.3. The maximum atomic E-state index is 12.3. The summed E-state index contributed by atoms with van der Waals surface area (Å²) >= 11 is 5.77. The number of nitrogens with one attached hydrogen (secondary N) is 1. The van der Waals surface area contributed by atoms with Gasteiger partial charge in [0, 0.05) is 18.0 Å². The Bertz CT molecular complexity index is 461. The van der Waals surface area contributed by atoms with E-state index in [2.05, 4.69) is 19.2 Å². The van der Waals surface area contributed by atoms with E-state index in [0.717, 1.165) is 17.7 Å². The number of benzene rings is 1. The van der Waals surface area contributed by atoms with E-state index >= 15 is 0 Å². The van der Waals surface area contributed by atoms with Gasteiger partial charge in [-0.3, -0.25) is 4.79 Å². The third-order valence-corrected chi connectivity index (χ3v) is 4.81. The zero-order valence-electron chi connectivity index (χ0n) is 13.1. The molecule has 0 spiro atoms. The predicted octanol–water partition coefficient (Wildman–Crippen LogP) is 4.76. The zero-order valence-corrected chi connectivity index (χ0v) is 13.9. The van der Waals surface area contributed by atoms with Gasteiger partial charge in [-0.05, 0) is 48.3 Å². The topological polar surface area (TPSA) is 29.1 Å². The highest BCUT2D eigenvalue weighted by Crippen LogP contribution is 2.42. The van der Waals surface area contributed by atoms with Crippen molar-refractivity contribution in [1.29, 1.82) is 0 Å². The largest absolute Gasteiger partial charge is 0.351 e. The van der Waals surface area contributed by atoms with Crippen LogP contribution in [-0.2, 0) is 5.88 Å². The molecule has 1 aromatic rings. The lowest BCUT2D eigenvalue weighted by Crippen LogP contribution is -2.36. The smallest absolute Gasteiger partial charge is 0.251 e. The molecule has 2 nitrogen and oxygen atoms in total. The molecule has 1 aliphatic rings. The number of hydrogen-bond donors (Lipinski definition) is 1. The Hall–Kier alpha value is -1.02. The first-order chi connectivity index (χ1) is 10.0. The van der Waals surface area contributed by atoms with Gasteiger partial charge in [0.2, 0.25) is 0 Å². The molecule has 0 aromatic heterocycles. The molecule has 2 rings (SSSR count). The number of carbonyl (C=O) groups is 1. The van der Waals surface area contributed by atoms with Gasteiger partial charge in [0.25, 0.3) is 5.91 Å². The van der Waals surface area contributed by atoms with Crippen LogP contribution >= 0.6 is 11.6 Å². The minimum atomic E-state index is 0.0335. The highest BCUT2D eigenvalue weighted by molar-refractivity contribution is 6.17. The highest BCUT2D eigenvalue weighted by Gasteiger charge is 2.34. The lowest BCUT2D eigenvalue weighted by molar-refractivity contribution is 0.0922. The Morgan fingerprint density at radius 3 is 2.38 bits per heavy atom. The fourth-order valence-electron chi connectivity index (χ4n) is 3.56. The molecule has 0 unspecified atom stereocenters. The summed E-state index contributed by atoms with van der Waals surface area (Å²) in [5.41, 5.74) is 2.08. The van der Waals surface area contributed by atoms with E-state index < -0.39 is 0 Å². The maximum Gasteiger partial charge on any atom is 0.251 e. The van der Waals surface area contributed by atoms with E-state index in [-0.39, 0.29) is 5.91 Å². The predicted molar refractivity (Wildman–Crippen MR) is 88.7 cm³/mol. The second kappa shape index (κ2) is 7.31. The van der Waals surface area contributed by atoms with Gasteiger partial charge in [0.05, 0.1) is 0 Å². The van der Waals surface area contributed by atoms with Crippen LogP contribution in [-0.4, -0.2) is 12.5 Å². The standard InChI is InChI=1S/C18H26ClNO/c1-14(2)11-18(9-3-4-10-18)13-20-17(21)16-7-5-15(12-19)6-8-16/h5-8,14H,3-4,9-13H2,1-2H3,(H,20,21). The van der Waals surface area contributed by atoms with Gasteiger partial charge >= 0.3 is 0 Å². The molecule has 21 heavy (non-hydrogen) atoms. The van der Waals surface area contributed by atoms with Gasteiger partial charge in [0.1, 0.15) is 0 Å². The maximum absolute atomic E-state index is 12.3. The molecule has 1 N–H and O–H groups in total. The second-order valence-corrected chi connectivity index (χ2v) is 7.09. The Kier molecular flexibility index (Phi) is 5.69. The second-order valence-electron chi connectivity index (χ2n) is 6.82. The number of amides is 1. The summed E-state index contributed by atoms with van der Waals surface area (Å²) in [7, 11) is 0. The van der Waals surface area contributed by atoms with Crippen molar-refractivity contribution in [2.24, 2.45) is 11.3 Å². The van der Waals surface area contributed by atoms with Gasteiger partial charge in [-0.25, -0.2) is 0 Å². The van der Waals surface area contributed by atoms with Crippen LogP contribution in [0.5, 0.6) is 0 Å². The summed E-state index contributed by atoms with van der Waals surface area (Å²) in [5, 5.41) is 3.15. The molecule has 0 aliphatic heterocycles. The summed E-state index contributed by atoms with van der Waals surface area (Å²) in [6, 6.07) is 7.55. The van der Waals surface area contributed by atoms with Crippen LogP contribution in [0, 0.1) is 11.3 Å². The van der Waals surface area contributed by atoms with Gasteiger partial charge in [-0.1, -0.05) is 38.8 Å². The molecule has 1 fully saturated rings. The summed E-state index contributed by atoms with van der Waals surface area (Å²) in [6.07, 6.45) is 6.30. The van der Waals surface area contributed by atoms with Gasteiger partial charge in [0.15, 0.2) is 0 Å². The molecule has 0 atom stereocenters. The third kappa shape index (κ3) is 4.47. The van der Waals surface area contributed by atoms with E-state index in [1.165, 1.54) is 32.1 Å². The molecule has 1 saturated carbocycles. The van der Waals surface area contributed by atoms with Gasteiger partial charge in [-0.15, -0.1) is 11.6 Å². The van der Waals surface area contributed by atoms with Crippen LogP contribution in [0.1, 0.15) is 61.9 Å². The van der Waals surface area contributed by atoms with Crippen LogP contribution in [0.4, 0.5) is 0 Å². The summed E-state index contributed by atoms with van der Waals surface area (Å²) in [6.45, 7) is 5.35. The quantitative estimate of drug-likeness (QED) is 0.754. The van der Waals surface area contributed by atoms with Crippen molar-refractivity contribution in [3.05, 3.63) is 35.4 Å². The molecule has 0 heterocycles. The normalized spacial score (nSPS) is 17.1. The summed E-state index contributed by atoms with van der Waals surface area (Å²) < 4.78 is 0. The molecule has 0 bridgehead atoms. The minimum absolute atomic E-state index is 0.0335. The third-order valence-electron chi connectivity index (χ3n) is 4.50. The van der Waals surface area contributed by atoms with Crippen molar-refractivity contribution < 1.29 is 4.79 Å². The number of alkyl halides is 1. The first kappa shape index (κ1) is 16.4. The highest BCUT2D eigenvalue weighted by atomic mass is 35.5. The average molecular weight is 308 g/mol. The van der Waals surface area contributed by atoms with Crippen molar-refractivity contribution in [3.63, 3.8) is 0 Å². The molecule has 1 aliphatic carbocycles. The van der Waals surface area contributed by atoms with Crippen molar-refractivity contribution in [2.75, 3.05) is 6.54 Å². The lowest BCUT2D eigenvalue weighted by Gasteiger charge is -2.31. The van der Waals surface area contributed by atoms with Crippen molar-refractivity contribution >= 4 is 17.5 Å². The molecule has 1 amide bonds. The van der Waals surface area contributed by atoms with Crippen LogP contribution in [0.25, 0.3) is 0 Å². The fourth-order valence-corrected chi connectivity index (χ4v) is 3.74. The Labute approximate surface area is 133 Å². The SMILES string of the molecule is CC(C)CC1(CNC(=O)c2ccc(CCl)cc2)CCCC1. The van der Waals surface area contributed by atoms with E-state index in [1.54, 1.807) is 0 Å². The van der Waals surface area contributed by atoms with E-state index in [1.807, 2.05) is 24.3 Å². The molecule has 0 radical (unpaired) electrons. The van der Waals surface area contributed by atoms with Gasteiger partial charge < -0.3 is 5.32 Å². The van der Waals surface area contributed by atoms with Crippen LogP contribution in [0.2, 0.25) is 0 Å². The molecular weight excluding hydrogens is 282 g/mol. The Balaban J connectivity index is 1.95. The van der Waals surface area contributed by atoms with E-state index in [0.29, 0.717) is 17.2 Å². The fraction of sp³-hybridized carbons (Fsp3) is 0.611. The van der Waals surface area contributed by atoms with Crippen LogP contribution in [0.3, 0.4) is 0 Å². The minimum Gasteiger partial charge on any atom is -0.351 e. The molecule has 3 heteroatoms. The number of halogens is 1. The Morgan fingerprint density at radius 2 is 1.86 bits per heavy atom. The van der Waals surface area contributed by atoms with Crippen LogP contribution < -0.4 is 5.32 Å². The number of carbonyl (C=O) groups excluding carboxylic acids is 1.